The zero-order valence-corrected chi connectivity index (χ0v) is 7.21. The number of nitrogen functional groups attached to an aromatic ring is 1. The van der Waals surface area contributed by atoms with Gasteiger partial charge in [0.05, 0.1) is 0 Å². The number of nitrogens with zero attached hydrogens (tertiary/aromatic N) is 1. The van der Waals surface area contributed by atoms with Gasteiger partial charge in [0.1, 0.15) is 5.69 Å². The lowest BCUT2D eigenvalue weighted by molar-refractivity contribution is -0.274. The van der Waals surface area contributed by atoms with Crippen molar-refractivity contribution in [2.24, 2.45) is 5.73 Å². The van der Waals surface area contributed by atoms with E-state index < -0.39 is 23.8 Å². The Hall–Kier alpha value is -1.99. The molecule has 8 heteroatoms. The van der Waals surface area contributed by atoms with E-state index in [1.807, 2.05) is 0 Å². The number of carbonyl (C=O) groups excluding carboxylic acids is 1. The topological polar surface area (TPSA) is 91.2 Å². The number of rotatable bonds is 2. The third-order valence-corrected chi connectivity index (χ3v) is 1.36. The molecule has 0 atom stereocenters. The molecule has 0 radical (unpaired) electrons. The Morgan fingerprint density at radius 2 is 2.00 bits per heavy atom. The number of anilines is 1. The van der Waals surface area contributed by atoms with E-state index in [1.54, 1.807) is 0 Å². The number of pyridine rings is 1. The van der Waals surface area contributed by atoms with Crippen molar-refractivity contribution in [3.05, 3.63) is 17.8 Å². The number of alkyl halides is 3. The molecule has 4 N–H and O–H groups in total. The predicted molar refractivity (Wildman–Crippen MR) is 43.9 cm³/mol. The lowest BCUT2D eigenvalue weighted by Gasteiger charge is -2.10. The highest BCUT2D eigenvalue weighted by Crippen LogP contribution is 2.26. The summed E-state index contributed by atoms with van der Waals surface area (Å²) >= 11 is 0. The summed E-state index contributed by atoms with van der Waals surface area (Å²) in [7, 11) is 0. The minimum atomic E-state index is -4.86. The average Bonchev–Trinajstić information content (AvgIpc) is 2.05. The Labute approximate surface area is 81.8 Å². The molecule has 1 rings (SSSR count). The minimum Gasteiger partial charge on any atom is -0.402 e. The molecule has 0 unspecified atom stereocenters. The van der Waals surface area contributed by atoms with E-state index in [-0.39, 0.29) is 5.69 Å². The quantitative estimate of drug-likeness (QED) is 0.767. The smallest absolute Gasteiger partial charge is 0.402 e. The van der Waals surface area contributed by atoms with Gasteiger partial charge in [0.2, 0.25) is 0 Å². The largest absolute Gasteiger partial charge is 0.573 e. The Morgan fingerprint density at radius 1 is 1.40 bits per heavy atom. The van der Waals surface area contributed by atoms with Crippen LogP contribution in [0.25, 0.3) is 0 Å². The number of halogens is 3. The highest BCUT2D eigenvalue weighted by Gasteiger charge is 2.32. The van der Waals surface area contributed by atoms with Gasteiger partial charge in [-0.25, -0.2) is 4.98 Å². The maximum Gasteiger partial charge on any atom is 0.573 e. The van der Waals surface area contributed by atoms with E-state index >= 15 is 0 Å². The number of amides is 1. The Bertz CT molecular complexity index is 392. The summed E-state index contributed by atoms with van der Waals surface area (Å²) in [5, 5.41) is 0. The molecule has 0 aliphatic carbocycles. The Morgan fingerprint density at radius 3 is 2.40 bits per heavy atom. The molecule has 0 spiro atoms. The van der Waals surface area contributed by atoms with Crippen molar-refractivity contribution in [2.75, 3.05) is 5.73 Å². The van der Waals surface area contributed by atoms with Crippen molar-refractivity contribution in [3.8, 4) is 5.75 Å². The molecule has 0 aliphatic heterocycles. The van der Waals surface area contributed by atoms with E-state index in [4.69, 9.17) is 11.5 Å². The van der Waals surface area contributed by atoms with E-state index in [9.17, 15) is 18.0 Å². The molecule has 0 saturated heterocycles. The molecule has 1 heterocycles. The number of primary amides is 1. The van der Waals surface area contributed by atoms with Crippen LogP contribution in [0, 0.1) is 0 Å². The second-order valence-electron chi connectivity index (χ2n) is 2.49. The van der Waals surface area contributed by atoms with Crippen molar-refractivity contribution in [3.63, 3.8) is 0 Å². The van der Waals surface area contributed by atoms with Crippen molar-refractivity contribution in [1.82, 2.24) is 4.98 Å². The highest BCUT2D eigenvalue weighted by atomic mass is 19.4. The fourth-order valence-electron chi connectivity index (χ4n) is 0.810. The standard InChI is InChI=1S/C7H6F3N3O2/c8-7(9,10)15-4-2-1-3(6(12)14)13-5(4)11/h1-2H,(H2,11,13)(H2,12,14). The molecule has 0 saturated carbocycles. The van der Waals surface area contributed by atoms with Crippen LogP contribution < -0.4 is 16.2 Å². The molecule has 15 heavy (non-hydrogen) atoms. The number of hydrogen-bond donors (Lipinski definition) is 2. The summed E-state index contributed by atoms with van der Waals surface area (Å²) in [5.74, 6) is -2.11. The number of nitrogens with two attached hydrogens (primary N) is 2. The SMILES string of the molecule is NC(=O)c1ccc(OC(F)(F)F)c(N)n1. The van der Waals surface area contributed by atoms with Gasteiger partial charge in [-0.2, -0.15) is 0 Å². The molecule has 0 fully saturated rings. The molecule has 1 amide bonds. The molecular weight excluding hydrogens is 215 g/mol. The van der Waals surface area contributed by atoms with Crippen LogP contribution in [0.4, 0.5) is 19.0 Å². The van der Waals surface area contributed by atoms with E-state index in [2.05, 4.69) is 9.72 Å². The summed E-state index contributed by atoms with van der Waals surface area (Å²) in [5.41, 5.74) is 9.73. The molecule has 0 aliphatic rings. The van der Waals surface area contributed by atoms with Crippen molar-refractivity contribution in [2.45, 2.75) is 6.36 Å². The third kappa shape index (κ3) is 3.01. The van der Waals surface area contributed by atoms with Gasteiger partial charge in [-0.1, -0.05) is 0 Å². The van der Waals surface area contributed by atoms with Crippen LogP contribution in [0.3, 0.4) is 0 Å². The van der Waals surface area contributed by atoms with Gasteiger partial charge in [-0.15, -0.1) is 13.2 Å². The first-order chi connectivity index (χ1) is 6.79. The highest BCUT2D eigenvalue weighted by molar-refractivity contribution is 5.91. The van der Waals surface area contributed by atoms with Gasteiger partial charge in [0.25, 0.3) is 5.91 Å². The van der Waals surface area contributed by atoms with Crippen LogP contribution in [0.1, 0.15) is 10.5 Å². The number of ether oxygens (including phenoxy) is 1. The van der Waals surface area contributed by atoms with E-state index in [0.29, 0.717) is 0 Å². The Balaban J connectivity index is 2.99. The lowest BCUT2D eigenvalue weighted by Crippen LogP contribution is -2.19. The number of aromatic nitrogens is 1. The van der Waals surface area contributed by atoms with Crippen molar-refractivity contribution in [1.29, 1.82) is 0 Å². The number of hydrogen-bond acceptors (Lipinski definition) is 4. The first-order valence-electron chi connectivity index (χ1n) is 3.61. The van der Waals surface area contributed by atoms with Crippen LogP contribution in [0.5, 0.6) is 5.75 Å². The molecule has 1 aromatic rings. The van der Waals surface area contributed by atoms with Gasteiger partial charge in [-0.05, 0) is 12.1 Å². The molecular formula is C7H6F3N3O2. The predicted octanol–water partition coefficient (Wildman–Crippen LogP) is 0.661. The summed E-state index contributed by atoms with van der Waals surface area (Å²) in [4.78, 5) is 13.9. The lowest BCUT2D eigenvalue weighted by atomic mass is 10.3. The summed E-state index contributed by atoms with van der Waals surface area (Å²) < 4.78 is 38.9. The average molecular weight is 221 g/mol. The first kappa shape index (κ1) is 11.1. The van der Waals surface area contributed by atoms with Gasteiger partial charge >= 0.3 is 6.36 Å². The summed E-state index contributed by atoms with van der Waals surface area (Å²) in [6, 6.07) is 1.86. The van der Waals surface area contributed by atoms with Crippen LogP contribution >= 0.6 is 0 Å². The minimum absolute atomic E-state index is 0.234. The van der Waals surface area contributed by atoms with E-state index in [1.165, 1.54) is 0 Å². The second kappa shape index (κ2) is 3.64. The van der Waals surface area contributed by atoms with E-state index in [0.717, 1.165) is 12.1 Å². The maximum atomic E-state index is 11.8. The van der Waals surface area contributed by atoms with Crippen LogP contribution in [-0.4, -0.2) is 17.3 Å². The first-order valence-corrected chi connectivity index (χ1v) is 3.61. The zero-order valence-electron chi connectivity index (χ0n) is 7.21. The molecule has 5 nitrogen and oxygen atoms in total. The van der Waals surface area contributed by atoms with Crippen LogP contribution in [-0.2, 0) is 0 Å². The second-order valence-corrected chi connectivity index (χ2v) is 2.49. The Kier molecular flexibility index (Phi) is 2.69. The van der Waals surface area contributed by atoms with Crippen molar-refractivity contribution < 1.29 is 22.7 Å². The zero-order chi connectivity index (χ0) is 11.6. The fraction of sp³-hybridized carbons (Fsp3) is 0.143. The normalized spacial score (nSPS) is 11.1. The van der Waals surface area contributed by atoms with Gasteiger partial charge < -0.3 is 16.2 Å². The maximum absolute atomic E-state index is 11.8. The summed E-state index contributed by atoms with van der Waals surface area (Å²) in [6.45, 7) is 0. The summed E-state index contributed by atoms with van der Waals surface area (Å²) in [6.07, 6.45) is -4.86. The molecule has 1 aromatic heterocycles. The van der Waals surface area contributed by atoms with Gasteiger partial charge in [0, 0.05) is 0 Å². The molecule has 82 valence electrons. The molecule has 0 aromatic carbocycles. The van der Waals surface area contributed by atoms with Crippen LogP contribution in [0.2, 0.25) is 0 Å². The monoisotopic (exact) mass is 221 g/mol. The van der Waals surface area contributed by atoms with Crippen LogP contribution in [0.15, 0.2) is 12.1 Å². The fourth-order valence-corrected chi connectivity index (χ4v) is 0.810. The third-order valence-electron chi connectivity index (χ3n) is 1.36. The van der Waals surface area contributed by atoms with Gasteiger partial charge in [0.15, 0.2) is 11.6 Å². The molecule has 0 bridgehead atoms. The van der Waals surface area contributed by atoms with Gasteiger partial charge in [-0.3, -0.25) is 4.79 Å². The number of carbonyl (C=O) groups is 1. The van der Waals surface area contributed by atoms with Crippen molar-refractivity contribution >= 4 is 11.7 Å².